The molecule has 1 unspecified atom stereocenters. The van der Waals surface area contributed by atoms with E-state index in [1.165, 1.54) is 54.5 Å². The molecular formula is C15H25N3S. The normalized spacial score (nSPS) is 24.8. The Balaban J connectivity index is 1.70. The molecule has 19 heavy (non-hydrogen) atoms. The van der Waals surface area contributed by atoms with Gasteiger partial charge in [-0.05, 0) is 43.9 Å². The lowest BCUT2D eigenvalue weighted by Crippen LogP contribution is -2.35. The Kier molecular flexibility index (Phi) is 3.81. The SMILES string of the molecule is CC(C)C1CCN(c2nc3c(s2)CCCC3N)CC1. The van der Waals surface area contributed by atoms with Crippen molar-refractivity contribution in [2.45, 2.75) is 52.0 Å². The molecule has 1 aromatic heterocycles. The summed E-state index contributed by atoms with van der Waals surface area (Å²) in [6.07, 6.45) is 6.14. The summed E-state index contributed by atoms with van der Waals surface area (Å²) in [4.78, 5) is 8.77. The molecule has 0 radical (unpaired) electrons. The van der Waals surface area contributed by atoms with Crippen molar-refractivity contribution < 1.29 is 0 Å². The van der Waals surface area contributed by atoms with Crippen molar-refractivity contribution in [3.05, 3.63) is 10.6 Å². The van der Waals surface area contributed by atoms with Gasteiger partial charge >= 0.3 is 0 Å². The highest BCUT2D eigenvalue weighted by Gasteiger charge is 2.27. The third kappa shape index (κ3) is 2.65. The van der Waals surface area contributed by atoms with Crippen LogP contribution in [0.5, 0.6) is 0 Å². The van der Waals surface area contributed by atoms with Crippen molar-refractivity contribution in [1.29, 1.82) is 0 Å². The fourth-order valence-electron chi connectivity index (χ4n) is 3.33. The van der Waals surface area contributed by atoms with Crippen molar-refractivity contribution >= 4 is 16.5 Å². The number of nitrogens with two attached hydrogens (primary N) is 1. The monoisotopic (exact) mass is 279 g/mol. The van der Waals surface area contributed by atoms with Crippen LogP contribution in [0.25, 0.3) is 0 Å². The predicted molar refractivity (Wildman–Crippen MR) is 81.8 cm³/mol. The maximum atomic E-state index is 6.18. The zero-order valence-corrected chi connectivity index (χ0v) is 12.9. The molecule has 106 valence electrons. The average Bonchev–Trinajstić information content (AvgIpc) is 2.84. The second-order valence-corrected chi connectivity index (χ2v) is 7.43. The Labute approximate surface area is 120 Å². The largest absolute Gasteiger partial charge is 0.348 e. The number of hydrogen-bond acceptors (Lipinski definition) is 4. The molecule has 0 bridgehead atoms. The van der Waals surface area contributed by atoms with Gasteiger partial charge in [-0.15, -0.1) is 11.3 Å². The Hall–Kier alpha value is -0.610. The van der Waals surface area contributed by atoms with E-state index < -0.39 is 0 Å². The summed E-state index contributed by atoms with van der Waals surface area (Å²) >= 11 is 1.89. The highest BCUT2D eigenvalue weighted by Crippen LogP contribution is 2.37. The van der Waals surface area contributed by atoms with Crippen LogP contribution in [0.4, 0.5) is 5.13 Å². The van der Waals surface area contributed by atoms with Gasteiger partial charge in [0.05, 0.1) is 5.69 Å². The fourth-order valence-corrected chi connectivity index (χ4v) is 4.56. The molecule has 1 aliphatic carbocycles. The number of nitrogens with zero attached hydrogens (tertiary/aromatic N) is 2. The molecular weight excluding hydrogens is 254 g/mol. The van der Waals surface area contributed by atoms with Gasteiger partial charge in [-0.25, -0.2) is 4.98 Å². The third-order valence-corrected chi connectivity index (χ3v) is 5.93. The molecule has 3 rings (SSSR count). The molecule has 0 aromatic carbocycles. The Bertz CT molecular complexity index is 433. The van der Waals surface area contributed by atoms with Gasteiger partial charge in [0.15, 0.2) is 5.13 Å². The van der Waals surface area contributed by atoms with E-state index in [4.69, 9.17) is 10.7 Å². The van der Waals surface area contributed by atoms with Crippen LogP contribution >= 0.6 is 11.3 Å². The number of rotatable bonds is 2. The van der Waals surface area contributed by atoms with Crippen LogP contribution in [0, 0.1) is 11.8 Å². The number of aromatic nitrogens is 1. The molecule has 2 N–H and O–H groups in total. The van der Waals surface area contributed by atoms with Gasteiger partial charge in [-0.3, -0.25) is 0 Å². The molecule has 0 spiro atoms. The number of anilines is 1. The number of thiazole rings is 1. The molecule has 0 amide bonds. The summed E-state index contributed by atoms with van der Waals surface area (Å²) in [5.41, 5.74) is 7.37. The lowest BCUT2D eigenvalue weighted by molar-refractivity contribution is 0.311. The summed E-state index contributed by atoms with van der Waals surface area (Å²) < 4.78 is 0. The van der Waals surface area contributed by atoms with Gasteiger partial charge in [0.25, 0.3) is 0 Å². The summed E-state index contributed by atoms with van der Waals surface area (Å²) in [7, 11) is 0. The van der Waals surface area contributed by atoms with E-state index >= 15 is 0 Å². The van der Waals surface area contributed by atoms with E-state index in [9.17, 15) is 0 Å². The topological polar surface area (TPSA) is 42.2 Å². The molecule has 4 heteroatoms. The average molecular weight is 279 g/mol. The molecule has 0 saturated carbocycles. The standard InChI is InChI=1S/C15H25N3S/c1-10(2)11-6-8-18(9-7-11)15-17-14-12(16)4-3-5-13(14)19-15/h10-12H,3-9,16H2,1-2H3. The second-order valence-electron chi connectivity index (χ2n) is 6.37. The van der Waals surface area contributed by atoms with Crippen molar-refractivity contribution in [2.75, 3.05) is 18.0 Å². The van der Waals surface area contributed by atoms with Gasteiger partial charge in [0, 0.05) is 24.0 Å². The smallest absolute Gasteiger partial charge is 0.185 e. The van der Waals surface area contributed by atoms with Crippen LogP contribution in [-0.4, -0.2) is 18.1 Å². The number of fused-ring (bicyclic) bond motifs is 1. The molecule has 1 fully saturated rings. The first-order valence-corrected chi connectivity index (χ1v) is 8.47. The van der Waals surface area contributed by atoms with Gasteiger partial charge in [-0.2, -0.15) is 0 Å². The zero-order valence-electron chi connectivity index (χ0n) is 12.1. The van der Waals surface area contributed by atoms with Crippen molar-refractivity contribution in [2.24, 2.45) is 17.6 Å². The first-order chi connectivity index (χ1) is 9.15. The number of hydrogen-bond donors (Lipinski definition) is 1. The first-order valence-electron chi connectivity index (χ1n) is 7.65. The lowest BCUT2D eigenvalue weighted by atomic mass is 9.87. The zero-order chi connectivity index (χ0) is 13.4. The summed E-state index contributed by atoms with van der Waals surface area (Å²) in [5.74, 6) is 1.72. The Morgan fingerprint density at radius 2 is 2.00 bits per heavy atom. The van der Waals surface area contributed by atoms with E-state index in [-0.39, 0.29) is 6.04 Å². The van der Waals surface area contributed by atoms with Crippen molar-refractivity contribution in [3.8, 4) is 0 Å². The van der Waals surface area contributed by atoms with E-state index in [0.29, 0.717) is 0 Å². The van der Waals surface area contributed by atoms with Gasteiger partial charge in [0.2, 0.25) is 0 Å². The first kappa shape index (κ1) is 13.4. The molecule has 1 atom stereocenters. The maximum absolute atomic E-state index is 6.18. The maximum Gasteiger partial charge on any atom is 0.185 e. The highest BCUT2D eigenvalue weighted by atomic mass is 32.1. The lowest BCUT2D eigenvalue weighted by Gasteiger charge is -2.33. The summed E-state index contributed by atoms with van der Waals surface area (Å²) in [6.45, 7) is 7.04. The van der Waals surface area contributed by atoms with Crippen LogP contribution in [0.2, 0.25) is 0 Å². The van der Waals surface area contributed by atoms with Gasteiger partial charge < -0.3 is 10.6 Å². The molecule has 1 aliphatic heterocycles. The highest BCUT2D eigenvalue weighted by molar-refractivity contribution is 7.15. The molecule has 2 aliphatic rings. The molecule has 3 nitrogen and oxygen atoms in total. The second kappa shape index (κ2) is 5.41. The molecule has 1 saturated heterocycles. The van der Waals surface area contributed by atoms with E-state index in [1.54, 1.807) is 0 Å². The number of piperidine rings is 1. The third-order valence-electron chi connectivity index (χ3n) is 4.74. The minimum Gasteiger partial charge on any atom is -0.348 e. The van der Waals surface area contributed by atoms with Crippen LogP contribution in [-0.2, 0) is 6.42 Å². The van der Waals surface area contributed by atoms with E-state index in [2.05, 4.69) is 18.7 Å². The van der Waals surface area contributed by atoms with E-state index in [1.807, 2.05) is 11.3 Å². The molecule has 1 aromatic rings. The summed E-state index contributed by atoms with van der Waals surface area (Å²) in [6, 6.07) is 0.182. The van der Waals surface area contributed by atoms with Crippen molar-refractivity contribution in [1.82, 2.24) is 4.98 Å². The van der Waals surface area contributed by atoms with Gasteiger partial charge in [0.1, 0.15) is 0 Å². The minimum absolute atomic E-state index is 0.182. The van der Waals surface area contributed by atoms with Crippen LogP contribution in [0.15, 0.2) is 0 Å². The Morgan fingerprint density at radius 1 is 1.26 bits per heavy atom. The predicted octanol–water partition coefficient (Wildman–Crippen LogP) is 3.35. The van der Waals surface area contributed by atoms with Crippen LogP contribution in [0.3, 0.4) is 0 Å². The molecule has 2 heterocycles. The quantitative estimate of drug-likeness (QED) is 0.902. The van der Waals surface area contributed by atoms with Gasteiger partial charge in [-0.1, -0.05) is 13.8 Å². The Morgan fingerprint density at radius 3 is 2.63 bits per heavy atom. The van der Waals surface area contributed by atoms with Crippen molar-refractivity contribution in [3.63, 3.8) is 0 Å². The van der Waals surface area contributed by atoms with Crippen LogP contribution < -0.4 is 10.6 Å². The number of aryl methyl sites for hydroxylation is 1. The van der Waals surface area contributed by atoms with E-state index in [0.717, 1.165) is 18.3 Å². The minimum atomic E-state index is 0.182. The fraction of sp³-hybridized carbons (Fsp3) is 0.800. The summed E-state index contributed by atoms with van der Waals surface area (Å²) in [5, 5.41) is 1.23. The van der Waals surface area contributed by atoms with Crippen LogP contribution in [0.1, 0.15) is 56.1 Å².